The van der Waals surface area contributed by atoms with Crippen LogP contribution in [-0.4, -0.2) is 65.0 Å². The first kappa shape index (κ1) is 66.9. The third kappa shape index (κ3) is 18.0. The van der Waals surface area contributed by atoms with Gasteiger partial charge in [0.15, 0.2) is 62.1 Å². The monoisotopic (exact) mass is 1330 g/mol. The zero-order valence-corrected chi connectivity index (χ0v) is 50.3. The molecule has 17 heterocycles. The molecule has 17 aromatic heterocycles. The molecule has 31 heteroatoms. The van der Waals surface area contributed by atoms with E-state index in [-0.39, 0.29) is 66.1 Å². The molecule has 0 unspecified atom stereocenters. The molecule has 0 amide bonds. The summed E-state index contributed by atoms with van der Waals surface area (Å²) in [5.74, 6) is 0. The third-order valence-electron chi connectivity index (χ3n) is 12.6. The van der Waals surface area contributed by atoms with E-state index >= 15 is 0 Å². The number of fused-ring (bicyclic) bond motifs is 9. The zero-order chi connectivity index (χ0) is 69.1. The minimum atomic E-state index is -0.306. The van der Waals surface area contributed by atoms with Gasteiger partial charge in [0.05, 0.1) is 83.2 Å². The molecule has 0 bridgehead atoms. The molecule has 0 aliphatic carbocycles. The van der Waals surface area contributed by atoms with Crippen LogP contribution in [0.1, 0.15) is 0 Å². The highest BCUT2D eigenvalue weighted by Crippen LogP contribution is 2.10. The van der Waals surface area contributed by atoms with Crippen LogP contribution in [0.25, 0.3) is 99.6 Å². The quantitative estimate of drug-likeness (QED) is 0.138. The molecule has 0 spiro atoms. The largest absolute Gasteiger partial charge is 0.464 e. The fraction of sp³-hybridized carbons (Fsp3) is 0. The highest BCUT2D eigenvalue weighted by molar-refractivity contribution is 5.77. The van der Waals surface area contributed by atoms with E-state index in [9.17, 15) is 43.2 Å². The second-order valence-electron chi connectivity index (χ2n) is 18.8. The summed E-state index contributed by atoms with van der Waals surface area (Å²) in [5.41, 5.74) is 3.28. The number of pyridine rings is 5. The maximum atomic E-state index is 11.1. The fourth-order valence-corrected chi connectivity index (χ4v) is 7.99. The van der Waals surface area contributed by atoms with E-state index < -0.39 is 0 Å². The molecule has 31 nitrogen and oxygen atoms in total. The maximum absolute atomic E-state index is 11.1. The van der Waals surface area contributed by atoms with E-state index in [1.807, 2.05) is 6.07 Å². The normalized spacial score (nSPS) is 10.2. The molecule has 18 rings (SSSR count). The molecule has 0 saturated carbocycles. The average molecular weight is 1330 g/mol. The second-order valence-corrected chi connectivity index (χ2v) is 18.8. The molecular formula is C68H41N13O18. The van der Waals surface area contributed by atoms with Crippen LogP contribution in [0.2, 0.25) is 0 Å². The van der Waals surface area contributed by atoms with Gasteiger partial charge in [-0.3, -0.25) is 53.1 Å². The highest BCUT2D eigenvalue weighted by Gasteiger charge is 2.04. The van der Waals surface area contributed by atoms with Crippen LogP contribution in [0.5, 0.6) is 0 Å². The minimum Gasteiger partial charge on any atom is -0.464 e. The fourth-order valence-electron chi connectivity index (χ4n) is 7.99. The standard InChI is InChI=1S/5C8H5NO2.4C7H4N2O2/c10-7-2-4-11-8-1-3-9-5-6(7)8;10-7-2-4-11-8-5-9-3-1-6(7)8;10-6-3-5-11-7-2-1-4-9-8(6)7;10-7-3-5-11-8-6(7)2-1-4-9-8;10-8-6-3-1-2-4-7(6)11-5-9-8;10-5-1-4-11-7-6(5)8-2-3-9-7;10-6-2-4-11-7-5(6)1-3-8-9-7;10-6-1-2-11-7-5(6)3-8-4-9-7;10-6-5-2-1-3-8-7(5)11-4-9-6/h5*1-5H;4*1-4H. The lowest BCUT2D eigenvalue weighted by Gasteiger charge is -1.90. The summed E-state index contributed by atoms with van der Waals surface area (Å²) >= 11 is 0. The van der Waals surface area contributed by atoms with Crippen molar-refractivity contribution >= 4 is 99.6 Å². The van der Waals surface area contributed by atoms with Gasteiger partial charge in [0, 0.05) is 98.2 Å². The van der Waals surface area contributed by atoms with Gasteiger partial charge in [0.25, 0.3) is 11.1 Å². The number of hydrogen-bond donors (Lipinski definition) is 0. The van der Waals surface area contributed by atoms with Gasteiger partial charge in [-0.1, -0.05) is 12.1 Å². The number of rotatable bonds is 0. The van der Waals surface area contributed by atoms with Gasteiger partial charge in [-0.2, -0.15) is 15.1 Å². The Kier molecular flexibility index (Phi) is 22.6. The Morgan fingerprint density at radius 1 is 0.242 bits per heavy atom. The van der Waals surface area contributed by atoms with Crippen molar-refractivity contribution < 1.29 is 39.8 Å². The van der Waals surface area contributed by atoms with Gasteiger partial charge in [-0.25, -0.2) is 34.9 Å². The Balaban J connectivity index is 0.000000120. The maximum Gasteiger partial charge on any atom is 0.285 e. The van der Waals surface area contributed by atoms with Crippen molar-refractivity contribution in [3.05, 3.63) is 345 Å². The molecule has 0 fully saturated rings. The van der Waals surface area contributed by atoms with Crippen molar-refractivity contribution in [1.29, 1.82) is 0 Å². The van der Waals surface area contributed by atoms with Crippen molar-refractivity contribution in [3.63, 3.8) is 0 Å². The molecule has 99 heavy (non-hydrogen) atoms. The van der Waals surface area contributed by atoms with Crippen molar-refractivity contribution in [1.82, 2.24) is 65.0 Å². The topological polar surface area (TPSA) is 439 Å². The third-order valence-corrected chi connectivity index (χ3v) is 12.6. The Morgan fingerprint density at radius 2 is 0.697 bits per heavy atom. The van der Waals surface area contributed by atoms with Crippen LogP contribution in [0.3, 0.4) is 0 Å². The van der Waals surface area contributed by atoms with Crippen LogP contribution < -0.4 is 49.1 Å². The molecule has 486 valence electrons. The van der Waals surface area contributed by atoms with Crippen LogP contribution >= 0.6 is 0 Å². The zero-order valence-electron chi connectivity index (χ0n) is 50.3. The van der Waals surface area contributed by atoms with Crippen molar-refractivity contribution in [2.75, 3.05) is 0 Å². The van der Waals surface area contributed by atoms with Crippen LogP contribution in [0.15, 0.2) is 335 Å². The summed E-state index contributed by atoms with van der Waals surface area (Å²) in [5, 5.41) is 10.6. The average Bonchev–Trinajstić information content (AvgIpc) is 3.07. The summed E-state index contributed by atoms with van der Waals surface area (Å²) in [7, 11) is 0. The first-order valence-electron chi connectivity index (χ1n) is 28.2. The SMILES string of the molecule is O=c1ccoc2cccnc12.O=c1ccoc2ccncc12.O=c1ccoc2cnccc12.O=c1ccoc2ncccc12.O=c1ccoc2nccnc12.O=c1ccoc2ncncc12.O=c1ccoc2nnccc12.O=c1ncoc2ccccc12.O=c1ncoc2ncccc12. The van der Waals surface area contributed by atoms with Gasteiger partial charge in [-0.05, 0) is 66.7 Å². The Morgan fingerprint density at radius 3 is 1.35 bits per heavy atom. The van der Waals surface area contributed by atoms with Gasteiger partial charge in [0.1, 0.15) is 28.3 Å². The van der Waals surface area contributed by atoms with Crippen molar-refractivity contribution in [2.24, 2.45) is 0 Å². The Hall–Kier alpha value is -15.0. The van der Waals surface area contributed by atoms with E-state index in [1.54, 1.807) is 104 Å². The second kappa shape index (κ2) is 33.5. The smallest absolute Gasteiger partial charge is 0.285 e. The van der Waals surface area contributed by atoms with Gasteiger partial charge in [-0.15, -0.1) is 5.10 Å². The van der Waals surface area contributed by atoms with Crippen molar-refractivity contribution in [3.8, 4) is 0 Å². The number of nitrogens with zero attached hydrogens (tertiary/aromatic N) is 13. The number of hydrogen-bond acceptors (Lipinski definition) is 31. The van der Waals surface area contributed by atoms with Crippen LogP contribution in [0.4, 0.5) is 0 Å². The lowest BCUT2D eigenvalue weighted by atomic mass is 10.3. The molecule has 1 aromatic carbocycles. The predicted molar refractivity (Wildman–Crippen MR) is 354 cm³/mol. The van der Waals surface area contributed by atoms with Crippen LogP contribution in [0, 0.1) is 0 Å². The first-order valence-corrected chi connectivity index (χ1v) is 28.2. The number of benzene rings is 1. The van der Waals surface area contributed by atoms with E-state index in [4.69, 9.17) is 39.8 Å². The summed E-state index contributed by atoms with van der Waals surface area (Å²) in [6.07, 6.45) is 29.7. The number of aromatic nitrogens is 13. The van der Waals surface area contributed by atoms with Gasteiger partial charge >= 0.3 is 0 Å². The molecule has 0 aliphatic heterocycles. The number of para-hydroxylation sites is 1. The predicted octanol–water partition coefficient (Wildman–Crippen LogP) is 8.27. The molecule has 18 aromatic rings. The summed E-state index contributed by atoms with van der Waals surface area (Å²) in [6.45, 7) is 0. The molecule has 0 atom stereocenters. The Labute approximate surface area is 547 Å². The van der Waals surface area contributed by atoms with E-state index in [1.165, 1.54) is 130 Å². The Bertz CT molecular complexity index is 5080. The molecular weight excluding hydrogens is 1290 g/mol. The highest BCUT2D eigenvalue weighted by atomic mass is 16.4. The van der Waals surface area contributed by atoms with Crippen molar-refractivity contribution in [2.45, 2.75) is 0 Å². The lowest BCUT2D eigenvalue weighted by Crippen LogP contribution is -2.04. The summed E-state index contributed by atoms with van der Waals surface area (Å²) in [6, 6.07) is 31.5. The molecule has 0 N–H and O–H groups in total. The first-order chi connectivity index (χ1) is 48.4. The van der Waals surface area contributed by atoms with Gasteiger partial charge < -0.3 is 39.8 Å². The van der Waals surface area contributed by atoms with Gasteiger partial charge in [0.2, 0.25) is 39.4 Å². The van der Waals surface area contributed by atoms with E-state index in [0.29, 0.717) is 82.7 Å². The molecule has 0 aliphatic rings. The summed E-state index contributed by atoms with van der Waals surface area (Å²) in [4.78, 5) is 141. The van der Waals surface area contributed by atoms with E-state index in [0.717, 1.165) is 12.8 Å². The lowest BCUT2D eigenvalue weighted by molar-refractivity contribution is 0.564. The molecule has 0 radical (unpaired) electrons. The molecule has 0 saturated heterocycles. The minimum absolute atomic E-state index is 0.0337. The summed E-state index contributed by atoms with van der Waals surface area (Å²) < 4.78 is 44.7. The van der Waals surface area contributed by atoms with Crippen LogP contribution in [-0.2, 0) is 0 Å². The van der Waals surface area contributed by atoms with E-state index in [2.05, 4.69) is 65.0 Å².